The summed E-state index contributed by atoms with van der Waals surface area (Å²) in [6.07, 6.45) is 14.7. The Balaban J connectivity index is 2.12. The standard InChI is InChI=1S/C17H32O/c1-4-9-16(5-2)14-15(3)18-13-12-17-10-7-6-8-11-17/h9,15,17H,4-8,10-14H2,1-3H3/b16-9+. The van der Waals surface area contributed by atoms with E-state index in [0.29, 0.717) is 6.10 Å². The van der Waals surface area contributed by atoms with E-state index in [0.717, 1.165) is 25.4 Å². The highest BCUT2D eigenvalue weighted by Gasteiger charge is 2.13. The first kappa shape index (κ1) is 15.8. The minimum Gasteiger partial charge on any atom is -0.378 e. The van der Waals surface area contributed by atoms with Gasteiger partial charge in [0.25, 0.3) is 0 Å². The van der Waals surface area contributed by atoms with Crippen molar-refractivity contribution in [2.24, 2.45) is 5.92 Å². The topological polar surface area (TPSA) is 9.23 Å². The van der Waals surface area contributed by atoms with Gasteiger partial charge >= 0.3 is 0 Å². The Morgan fingerprint density at radius 2 is 1.94 bits per heavy atom. The lowest BCUT2D eigenvalue weighted by atomic mass is 9.87. The molecule has 0 spiro atoms. The summed E-state index contributed by atoms with van der Waals surface area (Å²) < 4.78 is 5.98. The van der Waals surface area contributed by atoms with Crippen LogP contribution >= 0.6 is 0 Å². The quantitative estimate of drug-likeness (QED) is 0.518. The van der Waals surface area contributed by atoms with E-state index in [2.05, 4.69) is 26.8 Å². The van der Waals surface area contributed by atoms with Gasteiger partial charge in [0.2, 0.25) is 0 Å². The van der Waals surface area contributed by atoms with E-state index in [-0.39, 0.29) is 0 Å². The Bertz CT molecular complexity index is 226. The summed E-state index contributed by atoms with van der Waals surface area (Å²) in [6.45, 7) is 7.65. The molecule has 1 atom stereocenters. The van der Waals surface area contributed by atoms with Crippen molar-refractivity contribution in [3.05, 3.63) is 11.6 Å². The van der Waals surface area contributed by atoms with Crippen molar-refractivity contribution in [1.82, 2.24) is 0 Å². The molecule has 1 fully saturated rings. The molecule has 1 heteroatoms. The van der Waals surface area contributed by atoms with Gasteiger partial charge < -0.3 is 4.74 Å². The highest BCUT2D eigenvalue weighted by molar-refractivity contribution is 5.01. The van der Waals surface area contributed by atoms with Crippen LogP contribution in [0.2, 0.25) is 0 Å². The zero-order valence-corrected chi connectivity index (χ0v) is 12.7. The third kappa shape index (κ3) is 6.58. The van der Waals surface area contributed by atoms with E-state index < -0.39 is 0 Å². The molecule has 0 saturated heterocycles. The van der Waals surface area contributed by atoms with Crippen LogP contribution in [0.4, 0.5) is 0 Å². The van der Waals surface area contributed by atoms with Crippen molar-refractivity contribution in [2.75, 3.05) is 6.61 Å². The second-order valence-corrected chi connectivity index (χ2v) is 5.80. The molecule has 18 heavy (non-hydrogen) atoms. The molecule has 0 aliphatic heterocycles. The summed E-state index contributed by atoms with van der Waals surface area (Å²) in [4.78, 5) is 0. The van der Waals surface area contributed by atoms with Crippen molar-refractivity contribution in [1.29, 1.82) is 0 Å². The normalized spacial score (nSPS) is 20.1. The van der Waals surface area contributed by atoms with Crippen molar-refractivity contribution in [2.45, 2.75) is 84.7 Å². The van der Waals surface area contributed by atoms with Gasteiger partial charge in [0.05, 0.1) is 6.10 Å². The van der Waals surface area contributed by atoms with Crippen LogP contribution in [0, 0.1) is 5.92 Å². The van der Waals surface area contributed by atoms with Crippen molar-refractivity contribution >= 4 is 0 Å². The van der Waals surface area contributed by atoms with Crippen LogP contribution < -0.4 is 0 Å². The fraction of sp³-hybridized carbons (Fsp3) is 0.882. The summed E-state index contributed by atoms with van der Waals surface area (Å²) in [7, 11) is 0. The van der Waals surface area contributed by atoms with Crippen LogP contribution in [-0.4, -0.2) is 12.7 Å². The maximum atomic E-state index is 5.98. The highest BCUT2D eigenvalue weighted by Crippen LogP contribution is 2.26. The molecular weight excluding hydrogens is 220 g/mol. The lowest BCUT2D eigenvalue weighted by molar-refractivity contribution is 0.0532. The van der Waals surface area contributed by atoms with Crippen LogP contribution in [0.15, 0.2) is 11.6 Å². The van der Waals surface area contributed by atoms with Gasteiger partial charge in [0.1, 0.15) is 0 Å². The van der Waals surface area contributed by atoms with Crippen molar-refractivity contribution in [3.63, 3.8) is 0 Å². The molecule has 1 saturated carbocycles. The van der Waals surface area contributed by atoms with Crippen LogP contribution in [0.5, 0.6) is 0 Å². The average Bonchev–Trinajstić information content (AvgIpc) is 2.39. The van der Waals surface area contributed by atoms with Gasteiger partial charge in [-0.05, 0) is 38.5 Å². The molecule has 1 rings (SSSR count). The molecule has 1 nitrogen and oxygen atoms in total. The lowest BCUT2D eigenvalue weighted by Gasteiger charge is -2.22. The van der Waals surface area contributed by atoms with E-state index in [4.69, 9.17) is 4.74 Å². The monoisotopic (exact) mass is 252 g/mol. The van der Waals surface area contributed by atoms with Gasteiger partial charge in [-0.3, -0.25) is 0 Å². The molecule has 0 N–H and O–H groups in total. The minimum absolute atomic E-state index is 0.395. The molecule has 1 aliphatic carbocycles. The highest BCUT2D eigenvalue weighted by atomic mass is 16.5. The minimum atomic E-state index is 0.395. The maximum absolute atomic E-state index is 5.98. The van der Waals surface area contributed by atoms with Crippen LogP contribution in [0.3, 0.4) is 0 Å². The first-order chi connectivity index (χ1) is 8.76. The molecule has 0 aromatic rings. The Hall–Kier alpha value is -0.300. The van der Waals surface area contributed by atoms with E-state index >= 15 is 0 Å². The second kappa shape index (κ2) is 9.61. The number of allylic oxidation sites excluding steroid dienone is 1. The van der Waals surface area contributed by atoms with E-state index in [1.165, 1.54) is 44.9 Å². The zero-order chi connectivity index (χ0) is 13.2. The smallest absolute Gasteiger partial charge is 0.0584 e. The van der Waals surface area contributed by atoms with Gasteiger partial charge in [-0.15, -0.1) is 0 Å². The summed E-state index contributed by atoms with van der Waals surface area (Å²) in [6, 6.07) is 0. The molecule has 0 amide bonds. The zero-order valence-electron chi connectivity index (χ0n) is 12.7. The van der Waals surface area contributed by atoms with Crippen LogP contribution in [0.1, 0.15) is 78.6 Å². The van der Waals surface area contributed by atoms with E-state index in [1.54, 1.807) is 5.57 Å². The lowest BCUT2D eigenvalue weighted by Crippen LogP contribution is -2.14. The molecule has 0 aromatic carbocycles. The third-order valence-electron chi connectivity index (χ3n) is 4.15. The summed E-state index contributed by atoms with van der Waals surface area (Å²) in [5, 5.41) is 0. The molecular formula is C17H32O. The van der Waals surface area contributed by atoms with Crippen LogP contribution in [0.25, 0.3) is 0 Å². The Kier molecular flexibility index (Phi) is 8.41. The molecule has 1 aliphatic rings. The summed E-state index contributed by atoms with van der Waals surface area (Å²) in [5.41, 5.74) is 1.56. The van der Waals surface area contributed by atoms with Crippen LogP contribution in [-0.2, 0) is 4.74 Å². The number of rotatable bonds is 8. The van der Waals surface area contributed by atoms with E-state index in [9.17, 15) is 0 Å². The van der Waals surface area contributed by atoms with Gasteiger partial charge in [0, 0.05) is 6.61 Å². The molecule has 0 aromatic heterocycles. The predicted molar refractivity (Wildman–Crippen MR) is 79.9 cm³/mol. The fourth-order valence-corrected chi connectivity index (χ4v) is 3.00. The second-order valence-electron chi connectivity index (χ2n) is 5.80. The Labute approximate surface area is 114 Å². The van der Waals surface area contributed by atoms with Gasteiger partial charge in [-0.1, -0.05) is 57.6 Å². The number of ether oxygens (including phenoxy) is 1. The molecule has 106 valence electrons. The van der Waals surface area contributed by atoms with Gasteiger partial charge in [0.15, 0.2) is 0 Å². The third-order valence-corrected chi connectivity index (χ3v) is 4.15. The Morgan fingerprint density at radius 1 is 1.22 bits per heavy atom. The maximum Gasteiger partial charge on any atom is 0.0584 e. The number of hydrogen-bond donors (Lipinski definition) is 0. The first-order valence-electron chi connectivity index (χ1n) is 8.05. The van der Waals surface area contributed by atoms with Crippen molar-refractivity contribution in [3.8, 4) is 0 Å². The fourth-order valence-electron chi connectivity index (χ4n) is 3.00. The summed E-state index contributed by atoms with van der Waals surface area (Å²) in [5.74, 6) is 0.947. The Morgan fingerprint density at radius 3 is 2.56 bits per heavy atom. The molecule has 0 heterocycles. The SMILES string of the molecule is CC/C=C(\CC)CC(C)OCCC1CCCCC1. The number of hydrogen-bond acceptors (Lipinski definition) is 1. The molecule has 0 bridgehead atoms. The predicted octanol–water partition coefficient (Wildman–Crippen LogP) is 5.50. The van der Waals surface area contributed by atoms with Gasteiger partial charge in [-0.2, -0.15) is 0 Å². The average molecular weight is 252 g/mol. The molecule has 0 radical (unpaired) electrons. The summed E-state index contributed by atoms with van der Waals surface area (Å²) >= 11 is 0. The van der Waals surface area contributed by atoms with Crippen molar-refractivity contribution < 1.29 is 4.74 Å². The van der Waals surface area contributed by atoms with E-state index in [1.807, 2.05) is 0 Å². The molecule has 1 unspecified atom stereocenters. The van der Waals surface area contributed by atoms with Gasteiger partial charge in [-0.25, -0.2) is 0 Å². The largest absolute Gasteiger partial charge is 0.378 e. The first-order valence-corrected chi connectivity index (χ1v) is 8.05.